The van der Waals surface area contributed by atoms with E-state index in [0.29, 0.717) is 11.1 Å². The zero-order valence-electron chi connectivity index (χ0n) is 12.0. The van der Waals surface area contributed by atoms with Gasteiger partial charge >= 0.3 is 0 Å². The second-order valence-electron chi connectivity index (χ2n) is 5.71. The van der Waals surface area contributed by atoms with Crippen LogP contribution in [0.25, 0.3) is 0 Å². The second-order valence-corrected chi connectivity index (χ2v) is 6.07. The predicted molar refractivity (Wildman–Crippen MR) is 77.9 cm³/mol. The molecule has 1 aromatic rings. The maximum absolute atomic E-state index is 9.70. The molecule has 1 aliphatic rings. The van der Waals surface area contributed by atoms with Gasteiger partial charge in [0.15, 0.2) is 0 Å². The molecule has 1 N–H and O–H groups in total. The average Bonchev–Trinajstić information content (AvgIpc) is 2.81. The maximum atomic E-state index is 9.70. The van der Waals surface area contributed by atoms with E-state index < -0.39 is 0 Å². The van der Waals surface area contributed by atoms with Crippen LogP contribution in [0.1, 0.15) is 44.5 Å². The van der Waals surface area contributed by atoms with Gasteiger partial charge in [0.25, 0.3) is 0 Å². The van der Waals surface area contributed by atoms with E-state index in [4.69, 9.17) is 11.6 Å². The molecule has 0 radical (unpaired) electrons. The summed E-state index contributed by atoms with van der Waals surface area (Å²) in [7, 11) is 0. The predicted octanol–water partition coefficient (Wildman–Crippen LogP) is 2.77. The van der Waals surface area contributed by atoms with Crippen molar-refractivity contribution in [3.63, 3.8) is 0 Å². The van der Waals surface area contributed by atoms with E-state index in [0.717, 1.165) is 36.7 Å². The number of aliphatic hydroxyl groups excluding tert-OH is 1. The molecule has 0 amide bonds. The molecule has 2 atom stereocenters. The lowest BCUT2D eigenvalue weighted by Gasteiger charge is -2.22. The molecule has 1 fully saturated rings. The molecule has 0 aromatic carbocycles. The number of hydrogen-bond donors (Lipinski definition) is 1. The third-order valence-corrected chi connectivity index (χ3v) is 4.17. The van der Waals surface area contributed by atoms with Crippen molar-refractivity contribution in [3.05, 3.63) is 16.5 Å². The van der Waals surface area contributed by atoms with E-state index in [-0.39, 0.29) is 12.0 Å². The molecule has 4 nitrogen and oxygen atoms in total. The van der Waals surface area contributed by atoms with Gasteiger partial charge in [-0.1, -0.05) is 25.4 Å². The van der Waals surface area contributed by atoms with Gasteiger partial charge in [0.05, 0.1) is 6.10 Å². The molecule has 0 saturated carbocycles. The highest BCUT2D eigenvalue weighted by Crippen LogP contribution is 2.30. The van der Waals surface area contributed by atoms with Crippen LogP contribution in [0.15, 0.2) is 0 Å². The van der Waals surface area contributed by atoms with Crippen molar-refractivity contribution in [1.29, 1.82) is 0 Å². The van der Waals surface area contributed by atoms with E-state index in [2.05, 4.69) is 28.7 Å². The third kappa shape index (κ3) is 3.00. The molecule has 0 spiro atoms. The Morgan fingerprint density at radius 2 is 2.00 bits per heavy atom. The minimum atomic E-state index is -0.271. The number of rotatable bonds is 3. The molecule has 5 heteroatoms. The molecular formula is C14H22ClN3O. The Kier molecular flexibility index (Phi) is 4.31. The summed E-state index contributed by atoms with van der Waals surface area (Å²) < 4.78 is 0. The minimum absolute atomic E-state index is 0.256. The van der Waals surface area contributed by atoms with Crippen molar-refractivity contribution in [2.75, 3.05) is 18.0 Å². The Morgan fingerprint density at radius 3 is 2.53 bits per heavy atom. The highest BCUT2D eigenvalue weighted by molar-refractivity contribution is 6.30. The summed E-state index contributed by atoms with van der Waals surface area (Å²) in [6.45, 7) is 9.69. The molecule has 0 aliphatic carbocycles. The first-order valence-electron chi connectivity index (χ1n) is 6.87. The molecule has 2 heterocycles. The van der Waals surface area contributed by atoms with Gasteiger partial charge < -0.3 is 10.0 Å². The molecule has 1 aliphatic heterocycles. The fourth-order valence-electron chi connectivity index (χ4n) is 2.43. The number of nitrogens with zero attached hydrogens (tertiary/aromatic N) is 3. The number of aliphatic hydroxyl groups is 1. The summed E-state index contributed by atoms with van der Waals surface area (Å²) in [5.74, 6) is 2.28. The van der Waals surface area contributed by atoms with Crippen molar-refractivity contribution in [1.82, 2.24) is 9.97 Å². The van der Waals surface area contributed by atoms with Crippen LogP contribution >= 0.6 is 11.6 Å². The van der Waals surface area contributed by atoms with Gasteiger partial charge in [-0.2, -0.15) is 0 Å². The van der Waals surface area contributed by atoms with Crippen molar-refractivity contribution in [2.45, 2.75) is 46.1 Å². The fraction of sp³-hybridized carbons (Fsp3) is 0.714. The van der Waals surface area contributed by atoms with Crippen LogP contribution in [-0.2, 0) is 0 Å². The Morgan fingerprint density at radius 1 is 1.32 bits per heavy atom. The summed E-state index contributed by atoms with van der Waals surface area (Å²) in [6, 6.07) is 0. The summed E-state index contributed by atoms with van der Waals surface area (Å²) in [6.07, 6.45) is 0.725. The van der Waals surface area contributed by atoms with Crippen LogP contribution in [-0.4, -0.2) is 34.3 Å². The Hall–Kier alpha value is -0.870. The SMILES string of the molecule is Cc1c(Cl)nc(C(C)C)nc1N1CCC(C(C)O)C1. The molecule has 19 heavy (non-hydrogen) atoms. The van der Waals surface area contributed by atoms with E-state index in [1.807, 2.05) is 13.8 Å². The fourth-order valence-corrected chi connectivity index (χ4v) is 2.60. The van der Waals surface area contributed by atoms with Crippen LogP contribution in [0.3, 0.4) is 0 Å². The highest BCUT2D eigenvalue weighted by atomic mass is 35.5. The summed E-state index contributed by atoms with van der Waals surface area (Å²) in [5.41, 5.74) is 0.928. The lowest BCUT2D eigenvalue weighted by atomic mass is 10.0. The van der Waals surface area contributed by atoms with Crippen LogP contribution in [0.5, 0.6) is 0 Å². The number of hydrogen-bond acceptors (Lipinski definition) is 4. The average molecular weight is 284 g/mol. The first kappa shape index (κ1) is 14.5. The lowest BCUT2D eigenvalue weighted by molar-refractivity contribution is 0.136. The Balaban J connectivity index is 2.30. The van der Waals surface area contributed by atoms with Gasteiger partial charge in [-0.25, -0.2) is 9.97 Å². The van der Waals surface area contributed by atoms with Gasteiger partial charge in [0.1, 0.15) is 16.8 Å². The van der Waals surface area contributed by atoms with Crippen LogP contribution in [0.4, 0.5) is 5.82 Å². The third-order valence-electron chi connectivity index (χ3n) is 3.80. The van der Waals surface area contributed by atoms with Crippen molar-refractivity contribution in [2.24, 2.45) is 5.92 Å². The van der Waals surface area contributed by atoms with E-state index in [1.165, 1.54) is 0 Å². The quantitative estimate of drug-likeness (QED) is 0.867. The Labute approximate surface area is 119 Å². The number of halogens is 1. The number of aromatic nitrogens is 2. The first-order chi connectivity index (χ1) is 8.90. The molecule has 2 rings (SSSR count). The van der Waals surface area contributed by atoms with E-state index >= 15 is 0 Å². The van der Waals surface area contributed by atoms with Crippen LogP contribution in [0, 0.1) is 12.8 Å². The first-order valence-corrected chi connectivity index (χ1v) is 7.25. The number of anilines is 1. The van der Waals surface area contributed by atoms with E-state index in [1.54, 1.807) is 0 Å². The minimum Gasteiger partial charge on any atom is -0.393 e. The maximum Gasteiger partial charge on any atom is 0.137 e. The summed E-state index contributed by atoms with van der Waals surface area (Å²) in [4.78, 5) is 11.2. The largest absolute Gasteiger partial charge is 0.393 e. The second kappa shape index (κ2) is 5.63. The summed E-state index contributed by atoms with van der Waals surface area (Å²) >= 11 is 6.21. The zero-order chi connectivity index (χ0) is 14.2. The van der Waals surface area contributed by atoms with Gasteiger partial charge in [-0.15, -0.1) is 0 Å². The smallest absolute Gasteiger partial charge is 0.137 e. The standard InChI is InChI=1S/C14H22ClN3O/c1-8(2)13-16-12(15)9(3)14(17-13)18-6-5-11(7-18)10(4)19/h8,10-11,19H,5-7H2,1-4H3. The molecule has 1 aromatic heterocycles. The molecule has 0 bridgehead atoms. The van der Waals surface area contributed by atoms with Gasteiger partial charge in [-0.3, -0.25) is 0 Å². The topological polar surface area (TPSA) is 49.2 Å². The molecular weight excluding hydrogens is 262 g/mol. The van der Waals surface area contributed by atoms with Crippen LogP contribution in [0.2, 0.25) is 5.15 Å². The van der Waals surface area contributed by atoms with Gasteiger partial charge in [0, 0.05) is 30.5 Å². The molecule has 106 valence electrons. The van der Waals surface area contributed by atoms with Crippen molar-refractivity contribution in [3.8, 4) is 0 Å². The molecule has 1 saturated heterocycles. The molecule has 2 unspecified atom stereocenters. The zero-order valence-corrected chi connectivity index (χ0v) is 12.8. The van der Waals surface area contributed by atoms with Crippen molar-refractivity contribution < 1.29 is 5.11 Å². The monoisotopic (exact) mass is 283 g/mol. The summed E-state index contributed by atoms with van der Waals surface area (Å²) in [5, 5.41) is 10.2. The highest BCUT2D eigenvalue weighted by Gasteiger charge is 2.28. The van der Waals surface area contributed by atoms with Gasteiger partial charge in [-0.05, 0) is 20.3 Å². The Bertz CT molecular complexity index is 462. The normalized spacial score (nSPS) is 21.2. The van der Waals surface area contributed by atoms with E-state index in [9.17, 15) is 5.11 Å². The van der Waals surface area contributed by atoms with Gasteiger partial charge in [0.2, 0.25) is 0 Å². The lowest BCUT2D eigenvalue weighted by Crippen LogP contribution is -2.26. The van der Waals surface area contributed by atoms with Crippen molar-refractivity contribution >= 4 is 17.4 Å². The van der Waals surface area contributed by atoms with Crippen LogP contribution < -0.4 is 4.90 Å².